The summed E-state index contributed by atoms with van der Waals surface area (Å²) < 4.78 is 24.9. The minimum atomic E-state index is -1.09. The van der Waals surface area contributed by atoms with Crippen molar-refractivity contribution in [3.05, 3.63) is 47.4 Å². The monoisotopic (exact) mass is 400 g/mol. The highest BCUT2D eigenvalue weighted by Crippen LogP contribution is 2.24. The van der Waals surface area contributed by atoms with Gasteiger partial charge in [-0.1, -0.05) is 43.4 Å². The van der Waals surface area contributed by atoms with Crippen LogP contribution >= 0.6 is 0 Å². The van der Waals surface area contributed by atoms with Crippen LogP contribution in [0.4, 0.5) is 20.5 Å². The van der Waals surface area contributed by atoms with Crippen molar-refractivity contribution in [1.82, 2.24) is 9.97 Å². The molecule has 2 aromatic rings. The zero-order valence-electron chi connectivity index (χ0n) is 17.2. The second-order valence-electron chi connectivity index (χ2n) is 7.34. The van der Waals surface area contributed by atoms with E-state index in [4.69, 9.17) is 0 Å². The molecule has 0 radical (unpaired) electrons. The third-order valence-electron chi connectivity index (χ3n) is 4.88. The number of halogens is 2. The second-order valence-corrected chi connectivity index (χ2v) is 7.34. The van der Waals surface area contributed by atoms with E-state index in [2.05, 4.69) is 27.0 Å². The molecular weight excluding hydrogens is 370 g/mol. The summed E-state index contributed by atoms with van der Waals surface area (Å²) >= 11 is 0. The summed E-state index contributed by atoms with van der Waals surface area (Å²) in [5.74, 6) is 3.78. The fourth-order valence-corrected chi connectivity index (χ4v) is 3.15. The van der Waals surface area contributed by atoms with Gasteiger partial charge in [0.25, 0.3) is 0 Å². The van der Waals surface area contributed by atoms with Gasteiger partial charge < -0.3 is 10.6 Å². The molecule has 2 N–H and O–H groups in total. The Morgan fingerprint density at radius 2 is 1.90 bits per heavy atom. The molecule has 1 aromatic carbocycles. The van der Waals surface area contributed by atoms with Gasteiger partial charge in [-0.05, 0) is 38.7 Å². The van der Waals surface area contributed by atoms with Gasteiger partial charge in [-0.25, -0.2) is 13.8 Å². The second kappa shape index (κ2) is 12.0. The van der Waals surface area contributed by atoms with E-state index in [-0.39, 0.29) is 5.82 Å². The molecule has 1 unspecified atom stereocenters. The Labute approximate surface area is 172 Å². The van der Waals surface area contributed by atoms with E-state index >= 15 is 0 Å². The lowest BCUT2D eigenvalue weighted by Crippen LogP contribution is -2.18. The van der Waals surface area contributed by atoms with Crippen molar-refractivity contribution in [1.29, 1.82) is 0 Å². The number of anilines is 2. The van der Waals surface area contributed by atoms with Gasteiger partial charge in [0.1, 0.15) is 11.6 Å². The lowest BCUT2D eigenvalue weighted by atomic mass is 9.89. The zero-order valence-corrected chi connectivity index (χ0v) is 17.2. The number of hydrogen-bond donors (Lipinski definition) is 2. The van der Waals surface area contributed by atoms with Crippen molar-refractivity contribution >= 4 is 11.8 Å². The van der Waals surface area contributed by atoms with E-state index in [1.54, 1.807) is 18.3 Å². The van der Waals surface area contributed by atoms with Gasteiger partial charge in [-0.15, -0.1) is 6.42 Å². The number of nitrogens with one attached hydrogen (secondary N) is 2. The normalized spacial score (nSPS) is 14.9. The SMILES string of the molecule is C#CC(C)F.Cc1cnc(NCc2ccccc2F)nc1NCC1CCCCC1. The predicted molar refractivity (Wildman–Crippen MR) is 115 cm³/mol. The van der Waals surface area contributed by atoms with E-state index in [0.717, 1.165) is 23.8 Å². The molecule has 1 heterocycles. The molecular formula is C23H30F2N4. The third-order valence-corrected chi connectivity index (χ3v) is 4.88. The van der Waals surface area contributed by atoms with Crippen molar-refractivity contribution in [2.45, 2.75) is 58.7 Å². The smallest absolute Gasteiger partial charge is 0.224 e. The summed E-state index contributed by atoms with van der Waals surface area (Å²) in [7, 11) is 0. The Balaban J connectivity index is 0.000000537. The van der Waals surface area contributed by atoms with Crippen LogP contribution in [0.15, 0.2) is 30.5 Å². The summed E-state index contributed by atoms with van der Waals surface area (Å²) in [6, 6.07) is 6.74. The summed E-state index contributed by atoms with van der Waals surface area (Å²) in [5, 5.41) is 6.57. The maximum absolute atomic E-state index is 13.7. The first-order valence-corrected chi connectivity index (χ1v) is 10.1. The lowest BCUT2D eigenvalue weighted by Gasteiger charge is -2.22. The Morgan fingerprint density at radius 1 is 1.21 bits per heavy atom. The fourth-order valence-electron chi connectivity index (χ4n) is 3.15. The van der Waals surface area contributed by atoms with Gasteiger partial charge in [-0.2, -0.15) is 4.98 Å². The molecule has 0 aliphatic heterocycles. The predicted octanol–water partition coefficient (Wildman–Crippen LogP) is 5.51. The maximum Gasteiger partial charge on any atom is 0.224 e. The number of hydrogen-bond acceptors (Lipinski definition) is 4. The van der Waals surface area contributed by atoms with Crippen LogP contribution in [-0.4, -0.2) is 22.7 Å². The van der Waals surface area contributed by atoms with Crippen molar-refractivity contribution < 1.29 is 8.78 Å². The molecule has 1 aliphatic carbocycles. The lowest BCUT2D eigenvalue weighted by molar-refractivity contribution is 0.373. The summed E-state index contributed by atoms with van der Waals surface area (Å²) in [4.78, 5) is 8.84. The van der Waals surface area contributed by atoms with Gasteiger partial charge in [0.15, 0.2) is 6.17 Å². The molecule has 0 saturated heterocycles. The molecule has 3 rings (SSSR count). The average molecular weight is 401 g/mol. The van der Waals surface area contributed by atoms with Crippen LogP contribution in [0.5, 0.6) is 0 Å². The van der Waals surface area contributed by atoms with Crippen LogP contribution in [0, 0.1) is 31.0 Å². The van der Waals surface area contributed by atoms with Crippen LogP contribution < -0.4 is 10.6 Å². The molecule has 1 aromatic heterocycles. The molecule has 1 aliphatic rings. The van der Waals surface area contributed by atoms with Gasteiger partial charge in [0.05, 0.1) is 0 Å². The summed E-state index contributed by atoms with van der Waals surface area (Å²) in [6.45, 7) is 4.66. The highest BCUT2D eigenvalue weighted by atomic mass is 19.1. The number of benzene rings is 1. The zero-order chi connectivity index (χ0) is 21.1. The molecule has 29 heavy (non-hydrogen) atoms. The fraction of sp³-hybridized carbons (Fsp3) is 0.478. The minimum Gasteiger partial charge on any atom is -0.369 e. The minimum absolute atomic E-state index is 0.215. The first-order chi connectivity index (χ1) is 14.0. The Morgan fingerprint density at radius 3 is 2.55 bits per heavy atom. The van der Waals surface area contributed by atoms with Crippen LogP contribution in [0.1, 0.15) is 50.2 Å². The largest absolute Gasteiger partial charge is 0.369 e. The van der Waals surface area contributed by atoms with E-state index < -0.39 is 6.17 Å². The van der Waals surface area contributed by atoms with Crippen LogP contribution in [0.25, 0.3) is 0 Å². The number of alkyl halides is 1. The number of nitrogens with zero attached hydrogens (tertiary/aromatic N) is 2. The van der Waals surface area contributed by atoms with Crippen LogP contribution in [-0.2, 0) is 6.54 Å². The first kappa shape index (κ1) is 22.6. The molecule has 0 spiro atoms. The highest BCUT2D eigenvalue weighted by molar-refractivity contribution is 5.46. The van der Waals surface area contributed by atoms with E-state index in [1.807, 2.05) is 18.9 Å². The molecule has 156 valence electrons. The Bertz CT molecular complexity index is 796. The molecule has 6 heteroatoms. The Kier molecular flexibility index (Phi) is 9.36. The van der Waals surface area contributed by atoms with Crippen LogP contribution in [0.2, 0.25) is 0 Å². The quantitative estimate of drug-likeness (QED) is 0.628. The standard InChI is InChI=1S/C19H25FN4.C4H5F/c1-14-11-22-19(23-13-16-9-5-6-10-17(16)20)24-18(14)21-12-15-7-3-2-4-8-15;1-3-4(2)5/h5-6,9-11,15H,2-4,7-8,12-13H2,1H3,(H2,21,22,23,24);1,4H,2H3. The van der Waals surface area contributed by atoms with Crippen molar-refractivity contribution in [3.63, 3.8) is 0 Å². The molecule has 1 fully saturated rings. The maximum atomic E-state index is 13.7. The molecule has 4 nitrogen and oxygen atoms in total. The first-order valence-electron chi connectivity index (χ1n) is 10.1. The molecule has 0 amide bonds. The van der Waals surface area contributed by atoms with Gasteiger partial charge >= 0.3 is 0 Å². The van der Waals surface area contributed by atoms with E-state index in [1.165, 1.54) is 45.1 Å². The van der Waals surface area contributed by atoms with Gasteiger partial charge in [-0.3, -0.25) is 0 Å². The average Bonchev–Trinajstić information content (AvgIpc) is 2.74. The van der Waals surface area contributed by atoms with Crippen molar-refractivity contribution in [2.75, 3.05) is 17.2 Å². The number of aryl methyl sites for hydroxylation is 1. The topological polar surface area (TPSA) is 49.8 Å². The van der Waals surface area contributed by atoms with E-state index in [0.29, 0.717) is 18.1 Å². The summed E-state index contributed by atoms with van der Waals surface area (Å²) in [5.41, 5.74) is 1.64. The summed E-state index contributed by atoms with van der Waals surface area (Å²) in [6.07, 6.45) is 11.9. The Hall–Kier alpha value is -2.68. The number of terminal acetylenes is 1. The van der Waals surface area contributed by atoms with Crippen molar-refractivity contribution in [3.8, 4) is 12.3 Å². The number of rotatable bonds is 6. The molecule has 1 atom stereocenters. The third kappa shape index (κ3) is 8.06. The van der Waals surface area contributed by atoms with Gasteiger partial charge in [0.2, 0.25) is 5.95 Å². The van der Waals surface area contributed by atoms with Gasteiger partial charge in [0, 0.05) is 30.4 Å². The molecule has 1 saturated carbocycles. The molecule has 0 bridgehead atoms. The highest BCUT2D eigenvalue weighted by Gasteiger charge is 2.14. The number of aromatic nitrogens is 2. The van der Waals surface area contributed by atoms with Crippen molar-refractivity contribution in [2.24, 2.45) is 5.92 Å². The van der Waals surface area contributed by atoms with Crippen LogP contribution in [0.3, 0.4) is 0 Å². The van der Waals surface area contributed by atoms with E-state index in [9.17, 15) is 8.78 Å².